The summed E-state index contributed by atoms with van der Waals surface area (Å²) in [6, 6.07) is 9.86. The van der Waals surface area contributed by atoms with Crippen LogP contribution in [0.5, 0.6) is 17.6 Å². The minimum absolute atomic E-state index is 0.434. The van der Waals surface area contributed by atoms with Crippen LogP contribution in [0.15, 0.2) is 42.9 Å². The molecule has 1 amide bonds. The van der Waals surface area contributed by atoms with Crippen molar-refractivity contribution in [2.24, 2.45) is 0 Å². The number of carbonyl (C=O) groups is 1. The van der Waals surface area contributed by atoms with E-state index < -0.39 is 11.7 Å². The predicted octanol–water partition coefficient (Wildman–Crippen LogP) is 3.92. The topological polar surface area (TPSA) is 127 Å². The Hall–Kier alpha value is -4.41. The molecule has 1 fully saturated rings. The first-order valence-corrected chi connectivity index (χ1v) is 11.3. The van der Waals surface area contributed by atoms with E-state index in [0.29, 0.717) is 49.4 Å². The lowest BCUT2D eigenvalue weighted by atomic mass is 9.83. The van der Waals surface area contributed by atoms with Gasteiger partial charge < -0.3 is 24.1 Å². The molecule has 0 aliphatic carbocycles. The van der Waals surface area contributed by atoms with E-state index in [9.17, 15) is 4.79 Å². The van der Waals surface area contributed by atoms with Crippen molar-refractivity contribution < 1.29 is 19.0 Å². The summed E-state index contributed by atoms with van der Waals surface area (Å²) in [6.45, 7) is 3.26. The second-order valence-corrected chi connectivity index (χ2v) is 8.59. The number of piperidine rings is 1. The highest BCUT2D eigenvalue weighted by atomic mass is 16.6. The van der Waals surface area contributed by atoms with Gasteiger partial charge in [0.05, 0.1) is 18.1 Å². The molecule has 0 saturated carbocycles. The van der Waals surface area contributed by atoms with E-state index >= 15 is 0 Å². The molecule has 11 nitrogen and oxygen atoms in total. The number of ether oxygens (including phenoxy) is 3. The van der Waals surface area contributed by atoms with E-state index in [2.05, 4.69) is 35.1 Å². The van der Waals surface area contributed by atoms with E-state index in [1.807, 2.05) is 37.3 Å². The fourth-order valence-electron chi connectivity index (χ4n) is 4.77. The summed E-state index contributed by atoms with van der Waals surface area (Å²) >= 11 is 0. The molecule has 2 aliphatic rings. The molecule has 0 bridgehead atoms. The number of hydrogen-bond donors (Lipinski definition) is 2. The molecule has 4 aromatic rings. The Bertz CT molecular complexity index is 1430. The van der Waals surface area contributed by atoms with Crippen molar-refractivity contribution in [1.29, 1.82) is 0 Å². The summed E-state index contributed by atoms with van der Waals surface area (Å²) in [5.74, 6) is 2.38. The van der Waals surface area contributed by atoms with Gasteiger partial charge in [-0.1, -0.05) is 0 Å². The van der Waals surface area contributed by atoms with Crippen LogP contribution < -0.4 is 19.7 Å². The number of H-pyrrole nitrogens is 1. The lowest BCUT2D eigenvalue weighted by Crippen LogP contribution is -2.48. The largest absolute Gasteiger partial charge is 0.468 e. The summed E-state index contributed by atoms with van der Waals surface area (Å²) in [7, 11) is 1.57. The third-order valence-corrected chi connectivity index (χ3v) is 6.47. The highest BCUT2D eigenvalue weighted by molar-refractivity contribution is 5.87. The Labute approximate surface area is 200 Å². The number of aromatic amines is 1. The van der Waals surface area contributed by atoms with Gasteiger partial charge in [-0.15, -0.1) is 0 Å². The van der Waals surface area contributed by atoms with Crippen molar-refractivity contribution in [3.05, 3.63) is 54.0 Å². The average Bonchev–Trinajstić information content (AvgIpc) is 3.29. The highest BCUT2D eigenvalue weighted by Gasteiger charge is 2.45. The van der Waals surface area contributed by atoms with Crippen LogP contribution in [0.4, 0.5) is 16.4 Å². The van der Waals surface area contributed by atoms with E-state index in [1.54, 1.807) is 13.3 Å². The number of aryl methyl sites for hydroxylation is 1. The Kier molecular flexibility index (Phi) is 4.90. The molecule has 2 N–H and O–H groups in total. The standard InChI is InChI=1S/C24H23N7O4/c1-14-10-15(11-17-20(14)29-22(28-17)33-2)34-19-12-18(26-13-27-19)31-8-5-24(6-9-31)16-4-3-7-25-21(16)30-23(32)35-24/h3-4,7,10-13H,5-6,8-9H2,1-2H3,(H,28,29)(H,25,30,32). The molecule has 5 heterocycles. The van der Waals surface area contributed by atoms with E-state index in [0.717, 1.165) is 28.0 Å². The quantitative estimate of drug-likeness (QED) is 0.453. The van der Waals surface area contributed by atoms with Crippen LogP contribution in [0.1, 0.15) is 24.0 Å². The summed E-state index contributed by atoms with van der Waals surface area (Å²) in [5.41, 5.74) is 2.83. The fourth-order valence-corrected chi connectivity index (χ4v) is 4.77. The molecule has 0 radical (unpaired) electrons. The Balaban J connectivity index is 1.21. The fraction of sp³-hybridized carbons (Fsp3) is 0.292. The number of imidazole rings is 1. The minimum Gasteiger partial charge on any atom is -0.468 e. The molecule has 35 heavy (non-hydrogen) atoms. The van der Waals surface area contributed by atoms with Gasteiger partial charge in [0.1, 0.15) is 29.3 Å². The average molecular weight is 473 g/mol. The number of fused-ring (bicyclic) bond motifs is 3. The maximum absolute atomic E-state index is 12.2. The first-order valence-electron chi connectivity index (χ1n) is 11.3. The highest BCUT2D eigenvalue weighted by Crippen LogP contribution is 2.43. The first kappa shape index (κ1) is 21.1. The molecule has 1 saturated heterocycles. The molecule has 0 atom stereocenters. The molecular weight excluding hydrogens is 450 g/mol. The van der Waals surface area contributed by atoms with Gasteiger partial charge in [-0.2, -0.15) is 4.98 Å². The second-order valence-electron chi connectivity index (χ2n) is 8.59. The minimum atomic E-state index is -0.688. The van der Waals surface area contributed by atoms with Crippen molar-refractivity contribution >= 4 is 28.8 Å². The molecule has 6 rings (SSSR count). The van der Waals surface area contributed by atoms with Gasteiger partial charge >= 0.3 is 6.09 Å². The van der Waals surface area contributed by atoms with Crippen LogP contribution in [0.25, 0.3) is 11.0 Å². The molecule has 0 unspecified atom stereocenters. The number of benzene rings is 1. The number of aromatic nitrogens is 5. The van der Waals surface area contributed by atoms with Crippen molar-refractivity contribution in [3.63, 3.8) is 0 Å². The summed E-state index contributed by atoms with van der Waals surface area (Å²) < 4.78 is 17.0. The smallest absolute Gasteiger partial charge is 0.413 e. The lowest BCUT2D eigenvalue weighted by molar-refractivity contribution is -0.00853. The zero-order valence-electron chi connectivity index (χ0n) is 19.2. The summed E-state index contributed by atoms with van der Waals surface area (Å²) in [4.78, 5) is 34.9. The summed E-state index contributed by atoms with van der Waals surface area (Å²) in [5, 5.41) is 2.69. The SMILES string of the molecule is COc1nc2c(C)cc(Oc3cc(N4CCC5(CC4)OC(=O)Nc4ncccc45)ncn3)cc2[nH]1. The molecule has 1 spiro atoms. The summed E-state index contributed by atoms with van der Waals surface area (Å²) in [6.07, 6.45) is 3.93. The van der Waals surface area contributed by atoms with Crippen molar-refractivity contribution in [2.45, 2.75) is 25.4 Å². The number of carbonyl (C=O) groups excluding carboxylic acids is 1. The Morgan fingerprint density at radius 2 is 2.00 bits per heavy atom. The van der Waals surface area contributed by atoms with Crippen molar-refractivity contribution in [3.8, 4) is 17.6 Å². The number of pyridine rings is 1. The monoisotopic (exact) mass is 473 g/mol. The van der Waals surface area contributed by atoms with Crippen LogP contribution in [-0.2, 0) is 10.3 Å². The van der Waals surface area contributed by atoms with Crippen molar-refractivity contribution in [2.75, 3.05) is 30.4 Å². The van der Waals surface area contributed by atoms with Gasteiger partial charge in [0.2, 0.25) is 5.88 Å². The number of nitrogens with one attached hydrogen (secondary N) is 2. The number of nitrogens with zero attached hydrogens (tertiary/aromatic N) is 5. The number of methoxy groups -OCH3 is 1. The lowest BCUT2D eigenvalue weighted by Gasteiger charge is -2.44. The van der Waals surface area contributed by atoms with Gasteiger partial charge in [0.25, 0.3) is 6.01 Å². The number of amides is 1. The van der Waals surface area contributed by atoms with Crippen molar-refractivity contribution in [1.82, 2.24) is 24.9 Å². The van der Waals surface area contributed by atoms with Crippen LogP contribution >= 0.6 is 0 Å². The molecule has 2 aliphatic heterocycles. The maximum Gasteiger partial charge on any atom is 0.413 e. The normalized spacial score (nSPS) is 16.5. The molecular formula is C24H23N7O4. The van der Waals surface area contributed by atoms with Gasteiger partial charge in [0, 0.05) is 49.8 Å². The first-order chi connectivity index (χ1) is 17.0. The maximum atomic E-state index is 12.2. The molecule has 178 valence electrons. The van der Waals surface area contributed by atoms with Crippen LogP contribution in [-0.4, -0.2) is 51.2 Å². The third-order valence-electron chi connectivity index (χ3n) is 6.47. The number of anilines is 2. The zero-order chi connectivity index (χ0) is 24.0. The van der Waals surface area contributed by atoms with Gasteiger partial charge in [0.15, 0.2) is 0 Å². The molecule has 3 aromatic heterocycles. The molecule has 11 heteroatoms. The number of hydrogen-bond acceptors (Lipinski definition) is 9. The zero-order valence-corrected chi connectivity index (χ0v) is 19.2. The molecule has 1 aromatic carbocycles. The Morgan fingerprint density at radius 1 is 1.14 bits per heavy atom. The Morgan fingerprint density at radius 3 is 2.83 bits per heavy atom. The van der Waals surface area contributed by atoms with E-state index in [4.69, 9.17) is 14.2 Å². The van der Waals surface area contributed by atoms with Crippen LogP contribution in [0.2, 0.25) is 0 Å². The predicted molar refractivity (Wildman–Crippen MR) is 127 cm³/mol. The van der Waals surface area contributed by atoms with Gasteiger partial charge in [-0.05, 0) is 30.7 Å². The number of rotatable bonds is 4. The van der Waals surface area contributed by atoms with Gasteiger partial charge in [-0.25, -0.2) is 19.7 Å². The second kappa shape index (κ2) is 8.12. The van der Waals surface area contributed by atoms with E-state index in [-0.39, 0.29) is 0 Å². The van der Waals surface area contributed by atoms with Crippen LogP contribution in [0, 0.1) is 6.92 Å². The van der Waals surface area contributed by atoms with Crippen LogP contribution in [0.3, 0.4) is 0 Å². The third kappa shape index (κ3) is 3.74. The van der Waals surface area contributed by atoms with E-state index in [1.165, 1.54) is 6.33 Å². The van der Waals surface area contributed by atoms with Gasteiger partial charge in [-0.3, -0.25) is 5.32 Å².